The van der Waals surface area contributed by atoms with Gasteiger partial charge in [0.25, 0.3) is 0 Å². The van der Waals surface area contributed by atoms with Crippen LogP contribution in [0.25, 0.3) is 0 Å². The van der Waals surface area contributed by atoms with Gasteiger partial charge in [-0.05, 0) is 146 Å². The van der Waals surface area contributed by atoms with E-state index in [1.54, 1.807) is 0 Å². The third-order valence-corrected chi connectivity index (χ3v) is 17.6. The van der Waals surface area contributed by atoms with Crippen molar-refractivity contribution in [1.82, 2.24) is 0 Å². The number of benzene rings is 3. The number of rotatable bonds is 11. The molecular weight excluding hydrogens is 747 g/mol. The molecule has 9 atom stereocenters. The highest BCUT2D eigenvalue weighted by Gasteiger charge is 2.61. The van der Waals surface area contributed by atoms with Crippen LogP contribution in [0.15, 0.2) is 106 Å². The first-order chi connectivity index (χ1) is 26.6. The summed E-state index contributed by atoms with van der Waals surface area (Å²) in [7, 11) is -6.11. The number of hydrogen-bond donors (Lipinski definition) is 0. The molecular formula is C47H62F2O5S2. The number of carbonyl (C=O) groups is 1. The summed E-state index contributed by atoms with van der Waals surface area (Å²) in [6, 6.07) is 32.2. The predicted octanol–water partition coefficient (Wildman–Crippen LogP) is 11.9. The Kier molecular flexibility index (Phi) is 13.5. The molecule has 0 spiro atoms. The van der Waals surface area contributed by atoms with Crippen molar-refractivity contribution in [3.8, 4) is 0 Å². The highest BCUT2D eigenvalue weighted by Crippen LogP contribution is 2.68. The van der Waals surface area contributed by atoms with Crippen LogP contribution in [0.3, 0.4) is 0 Å². The Balaban J connectivity index is 0.000000233. The number of alkyl halides is 2. The van der Waals surface area contributed by atoms with E-state index < -0.39 is 27.4 Å². The molecule has 9 heteroatoms. The Morgan fingerprint density at radius 3 is 1.80 bits per heavy atom. The van der Waals surface area contributed by atoms with E-state index in [1.807, 2.05) is 0 Å². The third-order valence-electron chi connectivity index (χ3n) is 14.6. The van der Waals surface area contributed by atoms with Crippen molar-refractivity contribution in [3.63, 3.8) is 0 Å². The van der Waals surface area contributed by atoms with Crippen molar-refractivity contribution in [3.05, 3.63) is 91.0 Å². The summed E-state index contributed by atoms with van der Waals surface area (Å²) in [5.74, 6) is 2.40. The van der Waals surface area contributed by atoms with Crippen LogP contribution in [0, 0.1) is 52.3 Å². The van der Waals surface area contributed by atoms with Crippen molar-refractivity contribution in [2.45, 2.75) is 138 Å². The lowest BCUT2D eigenvalue weighted by Gasteiger charge is -2.61. The smallest absolute Gasteiger partial charge is 0.428 e. The number of halogens is 2. The van der Waals surface area contributed by atoms with Gasteiger partial charge in [-0.1, -0.05) is 108 Å². The standard InChI is InChI=1S/C29H48F2O5S.C18H15S/c1-18(2)7-6-8-19(3)23-11-12-24-22-10-9-20-17-21(36-26(32)29(30,31)37(33,34)35)13-15-27(20,4)25(22)14-16-28(23,24)5;1-4-10-16(11-5-1)19(17-12-6-2-7-13-17)18-14-8-3-9-15-18/h18-25H,6-17H2,1-5H3,(H,33,34,35);1-15H/q;+1/p-1. The molecule has 306 valence electrons. The molecule has 0 heterocycles. The average molecular weight is 809 g/mol. The zero-order valence-electron chi connectivity index (χ0n) is 33.9. The molecule has 3 aromatic rings. The Labute approximate surface area is 337 Å². The van der Waals surface area contributed by atoms with Gasteiger partial charge in [0.15, 0.2) is 24.8 Å². The first-order valence-corrected chi connectivity index (χ1v) is 23.6. The van der Waals surface area contributed by atoms with Crippen molar-refractivity contribution in [1.29, 1.82) is 0 Å². The molecule has 4 saturated carbocycles. The molecule has 3 aromatic carbocycles. The number of carbonyl (C=O) groups excluding carboxylic acids is 1. The summed E-state index contributed by atoms with van der Waals surface area (Å²) in [5, 5.41) is -5.04. The second-order valence-electron chi connectivity index (χ2n) is 18.2. The molecule has 4 fully saturated rings. The molecule has 0 amide bonds. The van der Waals surface area contributed by atoms with Gasteiger partial charge in [0.05, 0.1) is 10.9 Å². The van der Waals surface area contributed by atoms with Gasteiger partial charge >= 0.3 is 11.2 Å². The fourth-order valence-electron chi connectivity index (χ4n) is 11.8. The lowest BCUT2D eigenvalue weighted by Crippen LogP contribution is -2.54. The molecule has 4 aliphatic carbocycles. The first kappa shape index (κ1) is 42.8. The van der Waals surface area contributed by atoms with Crippen LogP contribution in [0.2, 0.25) is 0 Å². The van der Waals surface area contributed by atoms with Gasteiger partial charge in [0, 0.05) is 0 Å². The molecule has 0 aliphatic heterocycles. The molecule has 56 heavy (non-hydrogen) atoms. The van der Waals surface area contributed by atoms with E-state index in [-0.39, 0.29) is 22.2 Å². The Morgan fingerprint density at radius 2 is 1.29 bits per heavy atom. The SMILES string of the molecule is CC(C)CCCC(C)C1CCC2C3CCC4CC(OC(=O)C(F)(F)S(=O)(=O)[O-])CCC4(C)C3CCC12C.c1ccc([S+](c2ccccc2)c2ccccc2)cc1. The quantitative estimate of drug-likeness (QED) is 0.109. The second-order valence-corrected chi connectivity index (χ2v) is 21.7. The van der Waals surface area contributed by atoms with Crippen LogP contribution >= 0.6 is 0 Å². The topological polar surface area (TPSA) is 83.5 Å². The van der Waals surface area contributed by atoms with E-state index in [9.17, 15) is 26.5 Å². The van der Waals surface area contributed by atoms with Gasteiger partial charge in [-0.25, -0.2) is 13.2 Å². The Hall–Kier alpha value is -2.75. The monoisotopic (exact) mass is 808 g/mol. The number of fused-ring (bicyclic) bond motifs is 5. The minimum atomic E-state index is -6.10. The fraction of sp³-hybridized carbons (Fsp3) is 0.596. The summed E-state index contributed by atoms with van der Waals surface area (Å²) in [5.41, 5.74) is 0.491. The van der Waals surface area contributed by atoms with E-state index in [0.717, 1.165) is 42.9 Å². The largest absolute Gasteiger partial charge is 0.743 e. The minimum absolute atomic E-state index is 0.0146. The van der Waals surface area contributed by atoms with Crippen molar-refractivity contribution in [2.24, 2.45) is 52.3 Å². The molecule has 4 aliphatic rings. The maximum atomic E-state index is 13.7. The van der Waals surface area contributed by atoms with Gasteiger partial charge in [0.2, 0.25) is 0 Å². The highest BCUT2D eigenvalue weighted by molar-refractivity contribution is 7.97. The van der Waals surface area contributed by atoms with Crippen molar-refractivity contribution < 1.29 is 31.3 Å². The highest BCUT2D eigenvalue weighted by atomic mass is 32.2. The van der Waals surface area contributed by atoms with Gasteiger partial charge in [-0.3, -0.25) is 0 Å². The number of hydrogen-bond acceptors (Lipinski definition) is 5. The fourth-order valence-corrected chi connectivity index (χ4v) is 14.1. The summed E-state index contributed by atoms with van der Waals surface area (Å²) in [6.45, 7) is 12.0. The molecule has 9 unspecified atom stereocenters. The lowest BCUT2D eigenvalue weighted by molar-refractivity contribution is -0.177. The van der Waals surface area contributed by atoms with Crippen molar-refractivity contribution in [2.75, 3.05) is 0 Å². The van der Waals surface area contributed by atoms with Crippen LogP contribution in [0.4, 0.5) is 8.78 Å². The Morgan fingerprint density at radius 1 is 0.768 bits per heavy atom. The first-order valence-electron chi connectivity index (χ1n) is 21.0. The molecule has 0 radical (unpaired) electrons. The van der Waals surface area contributed by atoms with Gasteiger partial charge in [-0.2, -0.15) is 8.78 Å². The summed E-state index contributed by atoms with van der Waals surface area (Å²) < 4.78 is 64.8. The predicted molar refractivity (Wildman–Crippen MR) is 219 cm³/mol. The molecule has 7 rings (SSSR count). The van der Waals surface area contributed by atoms with Crippen LogP contribution in [-0.4, -0.2) is 30.3 Å². The normalized spacial score (nSPS) is 30.7. The molecule has 0 bridgehead atoms. The Bertz CT molecular complexity index is 1750. The van der Waals surface area contributed by atoms with Crippen LogP contribution < -0.4 is 0 Å². The van der Waals surface area contributed by atoms with Gasteiger partial charge < -0.3 is 9.29 Å². The summed E-state index contributed by atoms with van der Waals surface area (Å²) in [4.78, 5) is 15.9. The average Bonchev–Trinajstić information content (AvgIpc) is 3.53. The molecule has 0 saturated heterocycles. The van der Waals surface area contributed by atoms with Crippen molar-refractivity contribution >= 4 is 27.0 Å². The van der Waals surface area contributed by atoms with Gasteiger partial charge in [-0.15, -0.1) is 0 Å². The number of ether oxygens (including phenoxy) is 1. The third kappa shape index (κ3) is 8.95. The molecule has 0 aromatic heterocycles. The summed E-state index contributed by atoms with van der Waals surface area (Å²) in [6.07, 6.45) is 12.1. The van der Waals surface area contributed by atoms with E-state index >= 15 is 0 Å². The van der Waals surface area contributed by atoms with Crippen LogP contribution in [0.5, 0.6) is 0 Å². The zero-order chi connectivity index (χ0) is 40.3. The minimum Gasteiger partial charge on any atom is -0.743 e. The number of esters is 1. The lowest BCUT2D eigenvalue weighted by atomic mass is 9.44. The van der Waals surface area contributed by atoms with Crippen LogP contribution in [0.1, 0.15) is 112 Å². The van der Waals surface area contributed by atoms with E-state index in [4.69, 9.17) is 4.74 Å². The molecule has 0 N–H and O–H groups in total. The van der Waals surface area contributed by atoms with E-state index in [1.165, 1.54) is 59.6 Å². The second kappa shape index (κ2) is 17.6. The van der Waals surface area contributed by atoms with E-state index in [2.05, 4.69) is 126 Å². The van der Waals surface area contributed by atoms with Crippen LogP contribution in [-0.2, 0) is 30.5 Å². The maximum Gasteiger partial charge on any atom is 0.428 e. The summed E-state index contributed by atoms with van der Waals surface area (Å²) >= 11 is 0. The molecule has 5 nitrogen and oxygen atoms in total. The zero-order valence-corrected chi connectivity index (χ0v) is 35.5. The van der Waals surface area contributed by atoms with Gasteiger partial charge in [0.1, 0.15) is 6.10 Å². The van der Waals surface area contributed by atoms with E-state index in [0.29, 0.717) is 30.1 Å². The maximum absolute atomic E-state index is 13.7.